The summed E-state index contributed by atoms with van der Waals surface area (Å²) >= 11 is 0. The Morgan fingerprint density at radius 1 is 1.32 bits per heavy atom. The SMILES string of the molecule is COC(=O)C[C@@H](NS(=O)(=O)N(C)C)c1ccccc1. The van der Waals surface area contributed by atoms with Gasteiger partial charge in [0.2, 0.25) is 0 Å². The molecule has 0 aliphatic heterocycles. The molecule has 0 aliphatic carbocycles. The molecule has 0 fully saturated rings. The van der Waals surface area contributed by atoms with Gasteiger partial charge in [0.25, 0.3) is 10.2 Å². The van der Waals surface area contributed by atoms with E-state index in [9.17, 15) is 13.2 Å². The number of esters is 1. The molecule has 0 saturated carbocycles. The fraction of sp³-hybridized carbons (Fsp3) is 0.417. The third kappa shape index (κ3) is 4.62. The molecule has 0 spiro atoms. The Balaban J connectivity index is 2.97. The average molecular weight is 286 g/mol. The van der Waals surface area contributed by atoms with Crippen LogP contribution < -0.4 is 4.72 Å². The minimum absolute atomic E-state index is 0.0619. The molecule has 0 unspecified atom stereocenters. The summed E-state index contributed by atoms with van der Waals surface area (Å²) < 4.78 is 31.8. The van der Waals surface area contributed by atoms with Crippen LogP contribution in [0.1, 0.15) is 18.0 Å². The summed E-state index contributed by atoms with van der Waals surface area (Å²) in [5.74, 6) is -0.477. The summed E-state index contributed by atoms with van der Waals surface area (Å²) in [4.78, 5) is 11.4. The molecule has 6 nitrogen and oxygen atoms in total. The van der Waals surface area contributed by atoms with Crippen molar-refractivity contribution in [3.8, 4) is 0 Å². The lowest BCUT2D eigenvalue weighted by Crippen LogP contribution is -2.38. The van der Waals surface area contributed by atoms with E-state index in [1.54, 1.807) is 24.3 Å². The first-order valence-corrected chi connectivity index (χ1v) is 7.12. The van der Waals surface area contributed by atoms with E-state index in [0.717, 1.165) is 4.31 Å². The smallest absolute Gasteiger partial charge is 0.307 e. The Bertz CT molecular complexity index is 514. The van der Waals surface area contributed by atoms with Gasteiger partial charge < -0.3 is 4.74 Å². The van der Waals surface area contributed by atoms with Gasteiger partial charge >= 0.3 is 5.97 Å². The quantitative estimate of drug-likeness (QED) is 0.781. The molecule has 0 saturated heterocycles. The van der Waals surface area contributed by atoms with Crippen molar-refractivity contribution < 1.29 is 17.9 Å². The molecule has 1 aromatic rings. The summed E-state index contributed by atoms with van der Waals surface area (Å²) in [5.41, 5.74) is 0.707. The van der Waals surface area contributed by atoms with Gasteiger partial charge in [-0.2, -0.15) is 17.4 Å². The van der Waals surface area contributed by atoms with Crippen molar-refractivity contribution in [3.05, 3.63) is 35.9 Å². The van der Waals surface area contributed by atoms with Gasteiger partial charge in [-0.15, -0.1) is 0 Å². The molecular formula is C12H18N2O4S. The van der Waals surface area contributed by atoms with Gasteiger partial charge in [-0.3, -0.25) is 4.79 Å². The first-order chi connectivity index (χ1) is 8.86. The van der Waals surface area contributed by atoms with E-state index < -0.39 is 22.2 Å². The van der Waals surface area contributed by atoms with Gasteiger partial charge in [0.15, 0.2) is 0 Å². The van der Waals surface area contributed by atoms with Crippen molar-refractivity contribution in [2.45, 2.75) is 12.5 Å². The van der Waals surface area contributed by atoms with Crippen LogP contribution in [0, 0.1) is 0 Å². The molecule has 106 valence electrons. The fourth-order valence-electron chi connectivity index (χ4n) is 1.45. The largest absolute Gasteiger partial charge is 0.469 e. The number of benzene rings is 1. The molecule has 1 aromatic carbocycles. The van der Waals surface area contributed by atoms with E-state index in [1.165, 1.54) is 21.2 Å². The molecule has 0 heterocycles. The zero-order chi connectivity index (χ0) is 14.5. The number of nitrogens with one attached hydrogen (secondary N) is 1. The van der Waals surface area contributed by atoms with Gasteiger partial charge in [0, 0.05) is 14.1 Å². The molecule has 1 rings (SSSR count). The van der Waals surface area contributed by atoms with E-state index in [-0.39, 0.29) is 6.42 Å². The number of rotatable bonds is 6. The van der Waals surface area contributed by atoms with Crippen molar-refractivity contribution >= 4 is 16.2 Å². The van der Waals surface area contributed by atoms with E-state index in [2.05, 4.69) is 9.46 Å². The molecule has 1 N–H and O–H groups in total. The maximum Gasteiger partial charge on any atom is 0.307 e. The third-order valence-corrected chi connectivity index (χ3v) is 4.12. The molecule has 0 aromatic heterocycles. The average Bonchev–Trinajstić information content (AvgIpc) is 2.38. The number of carbonyl (C=O) groups is 1. The Labute approximate surface area is 113 Å². The zero-order valence-corrected chi connectivity index (χ0v) is 12.0. The summed E-state index contributed by atoms with van der Waals surface area (Å²) in [6, 6.07) is 8.24. The van der Waals surface area contributed by atoms with E-state index >= 15 is 0 Å². The number of hydrogen-bond acceptors (Lipinski definition) is 4. The molecule has 0 radical (unpaired) electrons. The van der Waals surface area contributed by atoms with Gasteiger partial charge in [-0.1, -0.05) is 30.3 Å². The lowest BCUT2D eigenvalue weighted by molar-refractivity contribution is -0.141. The van der Waals surface area contributed by atoms with Crippen LogP contribution in [-0.4, -0.2) is 39.9 Å². The number of ether oxygens (including phenoxy) is 1. The minimum atomic E-state index is -3.62. The number of hydrogen-bond donors (Lipinski definition) is 1. The molecule has 7 heteroatoms. The van der Waals surface area contributed by atoms with Crippen LogP contribution in [0.15, 0.2) is 30.3 Å². The summed E-state index contributed by atoms with van der Waals surface area (Å²) in [6.07, 6.45) is -0.0619. The van der Waals surface area contributed by atoms with Crippen molar-refractivity contribution in [3.63, 3.8) is 0 Å². The number of methoxy groups -OCH3 is 1. The Morgan fingerprint density at radius 2 is 1.89 bits per heavy atom. The molecule has 0 bridgehead atoms. The minimum Gasteiger partial charge on any atom is -0.469 e. The van der Waals surface area contributed by atoms with Crippen LogP contribution in [-0.2, 0) is 19.7 Å². The second-order valence-electron chi connectivity index (χ2n) is 4.15. The third-order valence-electron chi connectivity index (χ3n) is 2.57. The zero-order valence-electron chi connectivity index (χ0n) is 11.2. The van der Waals surface area contributed by atoms with Gasteiger partial charge in [-0.25, -0.2) is 0 Å². The van der Waals surface area contributed by atoms with Crippen molar-refractivity contribution in [1.29, 1.82) is 0 Å². The maximum atomic E-state index is 11.8. The molecule has 0 amide bonds. The van der Waals surface area contributed by atoms with Crippen molar-refractivity contribution in [2.24, 2.45) is 0 Å². The number of carbonyl (C=O) groups excluding carboxylic acids is 1. The second kappa shape index (κ2) is 6.65. The topological polar surface area (TPSA) is 75.7 Å². The lowest BCUT2D eigenvalue weighted by atomic mass is 10.1. The second-order valence-corrected chi connectivity index (χ2v) is 6.06. The standard InChI is InChI=1S/C12H18N2O4S/c1-14(2)19(16,17)13-11(9-12(15)18-3)10-7-5-4-6-8-10/h4-8,11,13H,9H2,1-3H3/t11-/m1/s1. The van der Waals surface area contributed by atoms with Gasteiger partial charge in [0.1, 0.15) is 0 Å². The van der Waals surface area contributed by atoms with Gasteiger partial charge in [0.05, 0.1) is 19.6 Å². The highest BCUT2D eigenvalue weighted by Crippen LogP contribution is 2.18. The first kappa shape index (κ1) is 15.6. The Kier molecular flexibility index (Phi) is 5.46. The number of nitrogens with zero attached hydrogens (tertiary/aromatic N) is 1. The summed E-state index contributed by atoms with van der Waals surface area (Å²) in [6.45, 7) is 0. The molecule has 19 heavy (non-hydrogen) atoms. The van der Waals surface area contributed by atoms with Crippen molar-refractivity contribution in [1.82, 2.24) is 9.03 Å². The van der Waals surface area contributed by atoms with Crippen molar-refractivity contribution in [2.75, 3.05) is 21.2 Å². The van der Waals surface area contributed by atoms with Crippen LogP contribution >= 0.6 is 0 Å². The highest BCUT2D eigenvalue weighted by molar-refractivity contribution is 7.87. The Morgan fingerprint density at radius 3 is 2.37 bits per heavy atom. The van der Waals surface area contributed by atoms with Crippen LogP contribution in [0.3, 0.4) is 0 Å². The maximum absolute atomic E-state index is 11.8. The Hall–Kier alpha value is -1.44. The highest BCUT2D eigenvalue weighted by atomic mass is 32.2. The van der Waals surface area contributed by atoms with Crippen LogP contribution in [0.2, 0.25) is 0 Å². The summed E-state index contributed by atoms with van der Waals surface area (Å²) in [5, 5.41) is 0. The normalized spacial score (nSPS) is 13.3. The highest BCUT2D eigenvalue weighted by Gasteiger charge is 2.23. The monoisotopic (exact) mass is 286 g/mol. The first-order valence-electron chi connectivity index (χ1n) is 5.68. The predicted octanol–water partition coefficient (Wildman–Crippen LogP) is 0.687. The van der Waals surface area contributed by atoms with Crippen LogP contribution in [0.25, 0.3) is 0 Å². The lowest BCUT2D eigenvalue weighted by Gasteiger charge is -2.20. The van der Waals surface area contributed by atoms with Gasteiger partial charge in [-0.05, 0) is 5.56 Å². The van der Waals surface area contributed by atoms with E-state index in [4.69, 9.17) is 0 Å². The van der Waals surface area contributed by atoms with Crippen LogP contribution in [0.5, 0.6) is 0 Å². The van der Waals surface area contributed by atoms with E-state index in [1.807, 2.05) is 6.07 Å². The fourth-order valence-corrected chi connectivity index (χ4v) is 2.24. The van der Waals surface area contributed by atoms with E-state index in [0.29, 0.717) is 5.56 Å². The molecular weight excluding hydrogens is 268 g/mol. The predicted molar refractivity (Wildman–Crippen MR) is 71.6 cm³/mol. The summed E-state index contributed by atoms with van der Waals surface area (Å²) in [7, 11) is 0.483. The molecule has 0 aliphatic rings. The van der Waals surface area contributed by atoms with Crippen LogP contribution in [0.4, 0.5) is 0 Å². The molecule has 1 atom stereocenters.